The minimum atomic E-state index is 0.101. The molecule has 2 heterocycles. The number of rotatable bonds is 0. The molecule has 0 aliphatic carbocycles. The van der Waals surface area contributed by atoms with Gasteiger partial charge in [0.15, 0.2) is 0 Å². The molecule has 2 fully saturated rings. The summed E-state index contributed by atoms with van der Waals surface area (Å²) < 4.78 is 11.3. The fraction of sp³-hybridized carbons (Fsp3) is 1.00. The smallest absolute Gasteiger partial charge is 0.0729 e. The molecule has 2 aliphatic rings. The molecule has 0 aromatic rings. The van der Waals surface area contributed by atoms with Crippen LogP contribution >= 0.6 is 0 Å². The minimum absolute atomic E-state index is 0.101. The lowest BCUT2D eigenvalue weighted by Crippen LogP contribution is -2.68. The van der Waals surface area contributed by atoms with Crippen LogP contribution in [-0.4, -0.2) is 50.0 Å². The SMILES string of the molecule is CC(C)(C)C12COCCN1CCOC2. The molecule has 0 unspecified atom stereocenters. The summed E-state index contributed by atoms with van der Waals surface area (Å²) in [7, 11) is 0. The number of ether oxygens (including phenoxy) is 2. The van der Waals surface area contributed by atoms with Gasteiger partial charge >= 0.3 is 0 Å². The van der Waals surface area contributed by atoms with E-state index < -0.39 is 0 Å². The monoisotopic (exact) mass is 199 g/mol. The van der Waals surface area contributed by atoms with Crippen molar-refractivity contribution in [2.45, 2.75) is 26.3 Å². The van der Waals surface area contributed by atoms with Crippen LogP contribution in [0.25, 0.3) is 0 Å². The Morgan fingerprint density at radius 2 is 1.50 bits per heavy atom. The van der Waals surface area contributed by atoms with E-state index in [0.29, 0.717) is 0 Å². The van der Waals surface area contributed by atoms with Gasteiger partial charge in [0, 0.05) is 13.1 Å². The lowest BCUT2D eigenvalue weighted by atomic mass is 9.72. The van der Waals surface area contributed by atoms with Gasteiger partial charge < -0.3 is 9.47 Å². The van der Waals surface area contributed by atoms with Gasteiger partial charge in [0.05, 0.1) is 32.0 Å². The van der Waals surface area contributed by atoms with Crippen LogP contribution in [0.1, 0.15) is 20.8 Å². The third kappa shape index (κ3) is 1.47. The summed E-state index contributed by atoms with van der Waals surface area (Å²) in [4.78, 5) is 2.56. The van der Waals surface area contributed by atoms with Crippen LogP contribution in [0.4, 0.5) is 0 Å². The van der Waals surface area contributed by atoms with Crippen LogP contribution in [0.15, 0.2) is 0 Å². The third-order valence-corrected chi connectivity index (χ3v) is 3.69. The molecule has 0 atom stereocenters. The van der Waals surface area contributed by atoms with E-state index in [-0.39, 0.29) is 11.0 Å². The van der Waals surface area contributed by atoms with Crippen LogP contribution in [0.3, 0.4) is 0 Å². The molecule has 14 heavy (non-hydrogen) atoms. The Morgan fingerprint density at radius 1 is 1.00 bits per heavy atom. The van der Waals surface area contributed by atoms with Crippen molar-refractivity contribution in [1.29, 1.82) is 0 Å². The molecule has 2 aliphatic heterocycles. The van der Waals surface area contributed by atoms with Gasteiger partial charge in [-0.2, -0.15) is 0 Å². The Kier molecular flexibility index (Phi) is 2.58. The zero-order chi connectivity index (χ0) is 10.2. The van der Waals surface area contributed by atoms with Gasteiger partial charge in [0.1, 0.15) is 0 Å². The second-order valence-corrected chi connectivity index (χ2v) is 5.37. The molecule has 0 bridgehead atoms. The van der Waals surface area contributed by atoms with E-state index in [2.05, 4.69) is 25.7 Å². The van der Waals surface area contributed by atoms with Gasteiger partial charge in [-0.1, -0.05) is 20.8 Å². The lowest BCUT2D eigenvalue weighted by Gasteiger charge is -2.56. The highest BCUT2D eigenvalue weighted by atomic mass is 16.5. The molecule has 3 heteroatoms. The maximum Gasteiger partial charge on any atom is 0.0729 e. The van der Waals surface area contributed by atoms with Gasteiger partial charge in [0.25, 0.3) is 0 Å². The minimum Gasteiger partial charge on any atom is -0.378 e. The molecule has 0 aromatic carbocycles. The number of nitrogens with zero attached hydrogens (tertiary/aromatic N) is 1. The molecule has 0 N–H and O–H groups in total. The lowest BCUT2D eigenvalue weighted by molar-refractivity contribution is -0.182. The summed E-state index contributed by atoms with van der Waals surface area (Å²) >= 11 is 0. The Balaban J connectivity index is 2.25. The highest BCUT2D eigenvalue weighted by Crippen LogP contribution is 2.39. The molecular weight excluding hydrogens is 178 g/mol. The molecule has 3 nitrogen and oxygen atoms in total. The normalized spacial score (nSPS) is 28.5. The van der Waals surface area contributed by atoms with E-state index in [9.17, 15) is 0 Å². The van der Waals surface area contributed by atoms with Crippen molar-refractivity contribution in [3.05, 3.63) is 0 Å². The quantitative estimate of drug-likeness (QED) is 0.584. The van der Waals surface area contributed by atoms with Gasteiger partial charge in [-0.25, -0.2) is 0 Å². The second-order valence-electron chi connectivity index (χ2n) is 5.37. The second kappa shape index (κ2) is 3.47. The summed E-state index contributed by atoms with van der Waals surface area (Å²) in [6, 6.07) is 0. The molecule has 2 rings (SSSR count). The first-order valence-corrected chi connectivity index (χ1v) is 5.47. The van der Waals surface area contributed by atoms with Crippen molar-refractivity contribution in [2.24, 2.45) is 5.41 Å². The summed E-state index contributed by atoms with van der Waals surface area (Å²) in [6.45, 7) is 12.3. The van der Waals surface area contributed by atoms with Crippen molar-refractivity contribution in [3.63, 3.8) is 0 Å². The van der Waals surface area contributed by atoms with Crippen molar-refractivity contribution in [3.8, 4) is 0 Å². The van der Waals surface area contributed by atoms with Crippen LogP contribution in [0, 0.1) is 5.41 Å². The highest BCUT2D eigenvalue weighted by molar-refractivity contribution is 5.03. The maximum atomic E-state index is 5.65. The first kappa shape index (κ1) is 10.4. The molecular formula is C11H21NO2. The molecule has 0 aromatic heterocycles. The predicted octanol–water partition coefficient (Wildman–Crippen LogP) is 1.13. The summed E-state index contributed by atoms with van der Waals surface area (Å²) in [5, 5.41) is 0. The zero-order valence-corrected chi connectivity index (χ0v) is 9.51. The first-order chi connectivity index (χ1) is 6.56. The Bertz CT molecular complexity index is 198. The van der Waals surface area contributed by atoms with Crippen molar-refractivity contribution in [2.75, 3.05) is 39.5 Å². The van der Waals surface area contributed by atoms with E-state index in [4.69, 9.17) is 9.47 Å². The van der Waals surface area contributed by atoms with E-state index in [1.807, 2.05) is 0 Å². The van der Waals surface area contributed by atoms with Crippen molar-refractivity contribution in [1.82, 2.24) is 4.90 Å². The van der Waals surface area contributed by atoms with E-state index in [1.54, 1.807) is 0 Å². The standard InChI is InChI=1S/C11H21NO2/c1-10(2,3)11-8-13-6-4-12(11)5-7-14-9-11/h4-9H2,1-3H3. The number of hydrogen-bond donors (Lipinski definition) is 0. The van der Waals surface area contributed by atoms with Gasteiger partial charge in [-0.3, -0.25) is 4.90 Å². The predicted molar refractivity (Wildman–Crippen MR) is 55.4 cm³/mol. The number of morpholine rings is 2. The van der Waals surface area contributed by atoms with Crippen LogP contribution < -0.4 is 0 Å². The zero-order valence-electron chi connectivity index (χ0n) is 9.51. The van der Waals surface area contributed by atoms with E-state index in [0.717, 1.165) is 39.5 Å². The maximum absolute atomic E-state index is 5.65. The summed E-state index contributed by atoms with van der Waals surface area (Å²) in [6.07, 6.45) is 0. The van der Waals surface area contributed by atoms with Crippen LogP contribution in [0.5, 0.6) is 0 Å². The number of fused-ring (bicyclic) bond motifs is 1. The first-order valence-electron chi connectivity index (χ1n) is 5.47. The fourth-order valence-corrected chi connectivity index (χ4v) is 2.50. The molecule has 0 amide bonds. The van der Waals surface area contributed by atoms with Crippen LogP contribution in [0.2, 0.25) is 0 Å². The molecule has 0 saturated carbocycles. The van der Waals surface area contributed by atoms with Crippen molar-refractivity contribution >= 4 is 0 Å². The van der Waals surface area contributed by atoms with Gasteiger partial charge in [-0.15, -0.1) is 0 Å². The van der Waals surface area contributed by atoms with E-state index >= 15 is 0 Å². The van der Waals surface area contributed by atoms with Gasteiger partial charge in [0.2, 0.25) is 0 Å². The Labute approximate surface area is 86.4 Å². The largest absolute Gasteiger partial charge is 0.378 e. The van der Waals surface area contributed by atoms with Gasteiger partial charge in [-0.05, 0) is 5.41 Å². The molecule has 0 radical (unpaired) electrons. The summed E-state index contributed by atoms with van der Waals surface area (Å²) in [5.41, 5.74) is 0.317. The summed E-state index contributed by atoms with van der Waals surface area (Å²) in [5.74, 6) is 0. The molecule has 82 valence electrons. The average Bonchev–Trinajstić information content (AvgIpc) is 2.16. The third-order valence-electron chi connectivity index (χ3n) is 3.69. The highest BCUT2D eigenvalue weighted by Gasteiger charge is 2.50. The number of hydrogen-bond acceptors (Lipinski definition) is 3. The van der Waals surface area contributed by atoms with E-state index in [1.165, 1.54) is 0 Å². The Hall–Kier alpha value is -0.120. The van der Waals surface area contributed by atoms with Crippen molar-refractivity contribution < 1.29 is 9.47 Å². The average molecular weight is 199 g/mol. The van der Waals surface area contributed by atoms with Crippen LogP contribution in [-0.2, 0) is 9.47 Å². The Morgan fingerprint density at radius 3 is 1.86 bits per heavy atom. The molecule has 2 saturated heterocycles. The molecule has 0 spiro atoms. The topological polar surface area (TPSA) is 21.7 Å². The fourth-order valence-electron chi connectivity index (χ4n) is 2.50.